The first-order chi connectivity index (χ1) is 13.1. The van der Waals surface area contributed by atoms with Crippen LogP contribution in [0.25, 0.3) is 0 Å². The normalized spacial score (nSPS) is 12.7. The summed E-state index contributed by atoms with van der Waals surface area (Å²) in [5, 5.41) is 4.16. The van der Waals surface area contributed by atoms with E-state index in [1.54, 1.807) is 18.2 Å². The molecule has 1 aliphatic heterocycles. The van der Waals surface area contributed by atoms with Crippen molar-refractivity contribution in [3.05, 3.63) is 69.2 Å². The molecule has 1 amide bonds. The van der Waals surface area contributed by atoms with Crippen molar-refractivity contribution >= 4 is 34.0 Å². The number of rotatable bonds is 4. The second kappa shape index (κ2) is 7.58. The van der Waals surface area contributed by atoms with E-state index in [2.05, 4.69) is 10.3 Å². The van der Waals surface area contributed by atoms with Gasteiger partial charge in [-0.15, -0.1) is 11.3 Å². The predicted molar refractivity (Wildman–Crippen MR) is 106 cm³/mol. The summed E-state index contributed by atoms with van der Waals surface area (Å²) in [4.78, 5) is 18.1. The van der Waals surface area contributed by atoms with Gasteiger partial charge in [0.25, 0.3) is 5.91 Å². The van der Waals surface area contributed by atoms with Crippen molar-refractivity contribution in [2.45, 2.75) is 13.3 Å². The highest BCUT2D eigenvalue weighted by molar-refractivity contribution is 7.15. The fraction of sp³-hybridized carbons (Fsp3) is 0.200. The third-order valence-electron chi connectivity index (χ3n) is 4.23. The summed E-state index contributed by atoms with van der Waals surface area (Å²) in [6.45, 7) is 2.93. The Balaban J connectivity index is 1.50. The smallest absolute Gasteiger partial charge is 0.257 e. The lowest BCUT2D eigenvalue weighted by molar-refractivity contribution is 0.102. The van der Waals surface area contributed by atoms with E-state index in [1.165, 1.54) is 11.3 Å². The van der Waals surface area contributed by atoms with Crippen LogP contribution < -0.4 is 14.8 Å². The maximum absolute atomic E-state index is 12.6. The van der Waals surface area contributed by atoms with Crippen LogP contribution in [0.2, 0.25) is 5.02 Å². The van der Waals surface area contributed by atoms with Gasteiger partial charge in [0.05, 0.1) is 5.69 Å². The number of aromatic nitrogens is 1. The molecular formula is C20H17ClN2O3S. The molecule has 27 heavy (non-hydrogen) atoms. The lowest BCUT2D eigenvalue weighted by Gasteiger charge is -2.18. The maximum atomic E-state index is 12.6. The molecule has 0 saturated carbocycles. The molecule has 1 aromatic heterocycles. The third-order valence-corrected chi connectivity index (χ3v) is 5.67. The Labute approximate surface area is 165 Å². The number of hydrogen-bond acceptors (Lipinski definition) is 5. The van der Waals surface area contributed by atoms with Gasteiger partial charge >= 0.3 is 0 Å². The van der Waals surface area contributed by atoms with Gasteiger partial charge in [-0.05, 0) is 36.8 Å². The zero-order valence-corrected chi connectivity index (χ0v) is 16.2. The van der Waals surface area contributed by atoms with E-state index in [9.17, 15) is 4.79 Å². The number of carbonyl (C=O) groups is 1. The second-order valence-corrected chi connectivity index (χ2v) is 7.60. The number of amides is 1. The molecule has 0 unspecified atom stereocenters. The number of ether oxygens (including phenoxy) is 2. The number of anilines is 1. The SMILES string of the molecule is Cc1nc(NC(=O)c2ccc3c(c2)OCCO3)sc1Cc1ccccc1Cl. The number of aryl methyl sites for hydroxylation is 1. The van der Waals surface area contributed by atoms with Crippen LogP contribution in [0.15, 0.2) is 42.5 Å². The molecule has 0 spiro atoms. The van der Waals surface area contributed by atoms with Gasteiger partial charge in [-0.3, -0.25) is 10.1 Å². The summed E-state index contributed by atoms with van der Waals surface area (Å²) in [5.41, 5.74) is 2.42. The molecule has 0 atom stereocenters. The van der Waals surface area contributed by atoms with E-state index in [-0.39, 0.29) is 5.91 Å². The van der Waals surface area contributed by atoms with E-state index < -0.39 is 0 Å². The lowest BCUT2D eigenvalue weighted by atomic mass is 10.1. The third kappa shape index (κ3) is 3.91. The van der Waals surface area contributed by atoms with Crippen molar-refractivity contribution in [3.8, 4) is 11.5 Å². The van der Waals surface area contributed by atoms with Gasteiger partial charge in [0, 0.05) is 21.9 Å². The molecular weight excluding hydrogens is 384 g/mol. The Morgan fingerprint density at radius 2 is 1.96 bits per heavy atom. The summed E-state index contributed by atoms with van der Waals surface area (Å²) in [6.07, 6.45) is 0.684. The minimum Gasteiger partial charge on any atom is -0.486 e. The maximum Gasteiger partial charge on any atom is 0.257 e. The lowest BCUT2D eigenvalue weighted by Crippen LogP contribution is -2.17. The standard InChI is InChI=1S/C20H17ClN2O3S/c1-12-18(11-13-4-2-3-5-15(13)21)27-20(22-12)23-19(24)14-6-7-16-17(10-14)26-9-8-25-16/h2-7,10H,8-9,11H2,1H3,(H,22,23,24). The van der Waals surface area contributed by atoms with Crippen LogP contribution in [0.1, 0.15) is 26.5 Å². The van der Waals surface area contributed by atoms with Crippen molar-refractivity contribution in [1.82, 2.24) is 4.98 Å². The van der Waals surface area contributed by atoms with Crippen LogP contribution >= 0.6 is 22.9 Å². The van der Waals surface area contributed by atoms with E-state index >= 15 is 0 Å². The molecule has 1 N–H and O–H groups in total. The molecule has 4 rings (SSSR count). The fourth-order valence-electron chi connectivity index (χ4n) is 2.81. The molecule has 5 nitrogen and oxygen atoms in total. The van der Waals surface area contributed by atoms with Crippen LogP contribution in [0, 0.1) is 6.92 Å². The molecule has 0 saturated heterocycles. The Morgan fingerprint density at radius 1 is 1.19 bits per heavy atom. The zero-order valence-electron chi connectivity index (χ0n) is 14.6. The van der Waals surface area contributed by atoms with E-state index in [0.29, 0.717) is 41.8 Å². The van der Waals surface area contributed by atoms with Crippen molar-refractivity contribution in [3.63, 3.8) is 0 Å². The van der Waals surface area contributed by atoms with Gasteiger partial charge in [0.2, 0.25) is 0 Å². The first kappa shape index (κ1) is 17.8. The van der Waals surface area contributed by atoms with E-state index in [1.807, 2.05) is 31.2 Å². The zero-order chi connectivity index (χ0) is 18.8. The fourth-order valence-corrected chi connectivity index (χ4v) is 4.00. The summed E-state index contributed by atoms with van der Waals surface area (Å²) in [5.74, 6) is 1.01. The number of halogens is 1. The van der Waals surface area contributed by atoms with Crippen LogP contribution in [-0.4, -0.2) is 24.1 Å². The van der Waals surface area contributed by atoms with Gasteiger partial charge in [-0.25, -0.2) is 4.98 Å². The minimum atomic E-state index is -0.231. The molecule has 2 aromatic carbocycles. The van der Waals surface area contributed by atoms with Gasteiger partial charge < -0.3 is 9.47 Å². The van der Waals surface area contributed by atoms with Crippen LogP contribution in [0.5, 0.6) is 11.5 Å². The number of benzene rings is 2. The molecule has 0 aliphatic carbocycles. The summed E-state index contributed by atoms with van der Waals surface area (Å²) in [7, 11) is 0. The van der Waals surface area contributed by atoms with E-state index in [0.717, 1.165) is 21.2 Å². The highest BCUT2D eigenvalue weighted by atomic mass is 35.5. The minimum absolute atomic E-state index is 0.231. The average Bonchev–Trinajstić information content (AvgIpc) is 3.02. The predicted octanol–water partition coefficient (Wildman–Crippen LogP) is 4.72. The van der Waals surface area contributed by atoms with Crippen molar-refractivity contribution < 1.29 is 14.3 Å². The molecule has 3 aromatic rings. The number of hydrogen-bond donors (Lipinski definition) is 1. The molecule has 138 valence electrons. The molecule has 1 aliphatic rings. The van der Waals surface area contributed by atoms with Gasteiger partial charge in [-0.2, -0.15) is 0 Å². The largest absolute Gasteiger partial charge is 0.486 e. The summed E-state index contributed by atoms with van der Waals surface area (Å²) in [6, 6.07) is 12.9. The molecule has 0 bridgehead atoms. The van der Waals surface area contributed by atoms with Crippen LogP contribution in [-0.2, 0) is 6.42 Å². The van der Waals surface area contributed by atoms with Crippen molar-refractivity contribution in [2.24, 2.45) is 0 Å². The highest BCUT2D eigenvalue weighted by Crippen LogP contribution is 2.32. The number of fused-ring (bicyclic) bond motifs is 1. The molecule has 7 heteroatoms. The van der Waals surface area contributed by atoms with E-state index in [4.69, 9.17) is 21.1 Å². The number of carbonyl (C=O) groups excluding carboxylic acids is 1. The second-order valence-electron chi connectivity index (χ2n) is 6.11. The monoisotopic (exact) mass is 400 g/mol. The quantitative estimate of drug-likeness (QED) is 0.688. The van der Waals surface area contributed by atoms with Gasteiger partial charge in [-0.1, -0.05) is 29.8 Å². The molecule has 0 fully saturated rings. The number of nitrogens with zero attached hydrogens (tertiary/aromatic N) is 1. The summed E-state index contributed by atoms with van der Waals surface area (Å²) >= 11 is 7.71. The first-order valence-electron chi connectivity index (χ1n) is 8.51. The average molecular weight is 401 g/mol. The number of nitrogens with one attached hydrogen (secondary N) is 1. The highest BCUT2D eigenvalue weighted by Gasteiger charge is 2.17. The Hall–Kier alpha value is -2.57. The first-order valence-corrected chi connectivity index (χ1v) is 9.70. The van der Waals surface area contributed by atoms with Crippen molar-refractivity contribution in [1.29, 1.82) is 0 Å². The summed E-state index contributed by atoms with van der Waals surface area (Å²) < 4.78 is 11.0. The Bertz CT molecular complexity index is 1000. The molecule has 2 heterocycles. The van der Waals surface area contributed by atoms with Crippen LogP contribution in [0.3, 0.4) is 0 Å². The van der Waals surface area contributed by atoms with Gasteiger partial charge in [0.15, 0.2) is 16.6 Å². The Morgan fingerprint density at radius 3 is 2.78 bits per heavy atom. The van der Waals surface area contributed by atoms with Crippen LogP contribution in [0.4, 0.5) is 5.13 Å². The van der Waals surface area contributed by atoms with Crippen molar-refractivity contribution in [2.75, 3.05) is 18.5 Å². The molecule has 0 radical (unpaired) electrons. The number of thiazole rings is 1. The van der Waals surface area contributed by atoms with Gasteiger partial charge in [0.1, 0.15) is 13.2 Å². The topological polar surface area (TPSA) is 60.5 Å². The Kier molecular flexibility index (Phi) is 5.01.